The summed E-state index contributed by atoms with van der Waals surface area (Å²) >= 11 is 0. The normalized spacial score (nSPS) is 13.0. The Morgan fingerprint density at radius 1 is 1.38 bits per heavy atom. The molecule has 1 atom stereocenters. The van der Waals surface area contributed by atoms with E-state index in [0.29, 0.717) is 0 Å². The predicted molar refractivity (Wildman–Crippen MR) is 71.5 cm³/mol. The smallest absolute Gasteiger partial charge is 0.0316 e. The van der Waals surface area contributed by atoms with Crippen molar-refractivity contribution in [1.82, 2.24) is 4.90 Å². The second kappa shape index (κ2) is 6.54. The SMILES string of the molecule is CCC(C)CN(C)CCc1cccc(N)c1. The maximum Gasteiger partial charge on any atom is 0.0316 e. The average molecular weight is 220 g/mol. The molecule has 2 N–H and O–H groups in total. The lowest BCUT2D eigenvalue weighted by atomic mass is 10.1. The Kier molecular flexibility index (Phi) is 5.33. The highest BCUT2D eigenvalue weighted by atomic mass is 15.1. The molecule has 0 aliphatic heterocycles. The molecule has 0 aliphatic carbocycles. The van der Waals surface area contributed by atoms with Gasteiger partial charge in [-0.2, -0.15) is 0 Å². The molecule has 16 heavy (non-hydrogen) atoms. The molecule has 0 radical (unpaired) electrons. The molecule has 0 saturated carbocycles. The van der Waals surface area contributed by atoms with Crippen LogP contribution >= 0.6 is 0 Å². The van der Waals surface area contributed by atoms with Gasteiger partial charge in [0.05, 0.1) is 0 Å². The van der Waals surface area contributed by atoms with Crippen molar-refractivity contribution >= 4 is 5.69 Å². The van der Waals surface area contributed by atoms with E-state index in [0.717, 1.165) is 24.6 Å². The minimum atomic E-state index is 0.783. The van der Waals surface area contributed by atoms with E-state index in [1.807, 2.05) is 12.1 Å². The molecule has 0 spiro atoms. The van der Waals surface area contributed by atoms with Crippen LogP contribution in [0.3, 0.4) is 0 Å². The van der Waals surface area contributed by atoms with E-state index in [-0.39, 0.29) is 0 Å². The van der Waals surface area contributed by atoms with Crippen LogP contribution < -0.4 is 5.73 Å². The lowest BCUT2D eigenvalue weighted by molar-refractivity contribution is 0.285. The standard InChI is InChI=1S/C14H24N2/c1-4-12(2)11-16(3)9-8-13-6-5-7-14(15)10-13/h5-7,10,12H,4,8-9,11,15H2,1-3H3. The van der Waals surface area contributed by atoms with Gasteiger partial charge in [0.15, 0.2) is 0 Å². The van der Waals surface area contributed by atoms with Gasteiger partial charge in [0.1, 0.15) is 0 Å². The molecule has 0 fully saturated rings. The van der Waals surface area contributed by atoms with Crippen molar-refractivity contribution in [3.8, 4) is 0 Å². The molecule has 1 rings (SSSR count). The Morgan fingerprint density at radius 2 is 2.12 bits per heavy atom. The van der Waals surface area contributed by atoms with E-state index in [1.54, 1.807) is 0 Å². The first-order valence-electron chi connectivity index (χ1n) is 6.14. The average Bonchev–Trinajstić information content (AvgIpc) is 2.26. The Labute approximate surface area is 99.5 Å². The van der Waals surface area contributed by atoms with Crippen LogP contribution in [-0.4, -0.2) is 25.0 Å². The molecule has 0 saturated heterocycles. The molecular formula is C14H24N2. The van der Waals surface area contributed by atoms with Crippen molar-refractivity contribution in [2.24, 2.45) is 5.92 Å². The van der Waals surface area contributed by atoms with Crippen molar-refractivity contribution in [3.63, 3.8) is 0 Å². The summed E-state index contributed by atoms with van der Waals surface area (Å²) in [7, 11) is 2.19. The number of nitrogens with zero attached hydrogens (tertiary/aromatic N) is 1. The summed E-state index contributed by atoms with van der Waals surface area (Å²) in [4.78, 5) is 2.40. The molecule has 0 heterocycles. The Hall–Kier alpha value is -1.02. The summed E-state index contributed by atoms with van der Waals surface area (Å²) in [5.41, 5.74) is 7.95. The van der Waals surface area contributed by atoms with Crippen molar-refractivity contribution in [3.05, 3.63) is 29.8 Å². The van der Waals surface area contributed by atoms with E-state index in [4.69, 9.17) is 5.73 Å². The van der Waals surface area contributed by atoms with Gasteiger partial charge in [0.2, 0.25) is 0 Å². The summed E-state index contributed by atoms with van der Waals surface area (Å²) in [5, 5.41) is 0. The van der Waals surface area contributed by atoms with Crippen LogP contribution in [0.5, 0.6) is 0 Å². The Balaban J connectivity index is 2.34. The van der Waals surface area contributed by atoms with Crippen LogP contribution in [0.4, 0.5) is 5.69 Å². The second-order valence-electron chi connectivity index (χ2n) is 4.77. The van der Waals surface area contributed by atoms with Gasteiger partial charge in [-0.05, 0) is 37.1 Å². The fourth-order valence-corrected chi connectivity index (χ4v) is 1.82. The minimum absolute atomic E-state index is 0.783. The zero-order valence-corrected chi connectivity index (χ0v) is 10.7. The Bertz CT molecular complexity index is 309. The van der Waals surface area contributed by atoms with Gasteiger partial charge in [-0.15, -0.1) is 0 Å². The summed E-state index contributed by atoms with van der Waals surface area (Å²) in [5.74, 6) is 0.783. The quantitative estimate of drug-likeness (QED) is 0.747. The summed E-state index contributed by atoms with van der Waals surface area (Å²) < 4.78 is 0. The molecule has 0 aromatic heterocycles. The van der Waals surface area contributed by atoms with E-state index in [2.05, 4.69) is 37.9 Å². The number of benzene rings is 1. The molecule has 2 heteroatoms. The van der Waals surface area contributed by atoms with Crippen molar-refractivity contribution in [2.45, 2.75) is 26.7 Å². The second-order valence-corrected chi connectivity index (χ2v) is 4.77. The zero-order chi connectivity index (χ0) is 12.0. The van der Waals surface area contributed by atoms with Crippen molar-refractivity contribution < 1.29 is 0 Å². The largest absolute Gasteiger partial charge is 0.399 e. The van der Waals surface area contributed by atoms with Crippen LogP contribution in [0.25, 0.3) is 0 Å². The molecule has 0 amide bonds. The van der Waals surface area contributed by atoms with Crippen molar-refractivity contribution in [1.29, 1.82) is 0 Å². The number of anilines is 1. The molecule has 0 aliphatic rings. The predicted octanol–water partition coefficient (Wildman–Crippen LogP) is 2.79. The van der Waals surface area contributed by atoms with Gasteiger partial charge >= 0.3 is 0 Å². The maximum absolute atomic E-state index is 5.75. The van der Waals surface area contributed by atoms with Crippen molar-refractivity contribution in [2.75, 3.05) is 25.9 Å². The van der Waals surface area contributed by atoms with Crippen LogP contribution in [0.2, 0.25) is 0 Å². The fourth-order valence-electron chi connectivity index (χ4n) is 1.82. The summed E-state index contributed by atoms with van der Waals surface area (Å²) in [6, 6.07) is 8.18. The first-order chi connectivity index (χ1) is 7.61. The molecule has 1 unspecified atom stereocenters. The fraction of sp³-hybridized carbons (Fsp3) is 0.571. The lowest BCUT2D eigenvalue weighted by Crippen LogP contribution is -2.26. The highest BCUT2D eigenvalue weighted by Crippen LogP contribution is 2.08. The topological polar surface area (TPSA) is 29.3 Å². The first-order valence-corrected chi connectivity index (χ1v) is 6.14. The molecule has 1 aromatic rings. The number of hydrogen-bond donors (Lipinski definition) is 1. The first kappa shape index (κ1) is 13.0. The third-order valence-electron chi connectivity index (χ3n) is 3.05. The number of likely N-dealkylation sites (N-methyl/N-ethyl adjacent to an activating group) is 1. The van der Waals surface area contributed by atoms with Gasteiger partial charge < -0.3 is 10.6 Å². The van der Waals surface area contributed by atoms with Crippen LogP contribution in [0.1, 0.15) is 25.8 Å². The molecule has 90 valence electrons. The van der Waals surface area contributed by atoms with E-state index < -0.39 is 0 Å². The van der Waals surface area contributed by atoms with Crippen LogP contribution in [-0.2, 0) is 6.42 Å². The number of hydrogen-bond acceptors (Lipinski definition) is 2. The van der Waals surface area contributed by atoms with Gasteiger partial charge in [0, 0.05) is 18.8 Å². The molecular weight excluding hydrogens is 196 g/mol. The van der Waals surface area contributed by atoms with E-state index >= 15 is 0 Å². The molecule has 2 nitrogen and oxygen atoms in total. The third kappa shape index (κ3) is 4.67. The summed E-state index contributed by atoms with van der Waals surface area (Å²) in [6.07, 6.45) is 2.33. The highest BCUT2D eigenvalue weighted by Gasteiger charge is 2.04. The number of nitrogen functional groups attached to an aromatic ring is 1. The highest BCUT2D eigenvalue weighted by molar-refractivity contribution is 5.40. The molecule has 1 aromatic carbocycles. The van der Waals surface area contributed by atoms with Crippen LogP contribution in [0.15, 0.2) is 24.3 Å². The lowest BCUT2D eigenvalue weighted by Gasteiger charge is -2.20. The minimum Gasteiger partial charge on any atom is -0.399 e. The van der Waals surface area contributed by atoms with Gasteiger partial charge in [-0.25, -0.2) is 0 Å². The zero-order valence-electron chi connectivity index (χ0n) is 10.7. The molecule has 0 bridgehead atoms. The monoisotopic (exact) mass is 220 g/mol. The maximum atomic E-state index is 5.75. The van der Waals surface area contributed by atoms with Crippen LogP contribution in [0, 0.1) is 5.92 Å². The third-order valence-corrected chi connectivity index (χ3v) is 3.05. The number of nitrogens with two attached hydrogens (primary N) is 1. The summed E-state index contributed by atoms with van der Waals surface area (Å²) in [6.45, 7) is 6.83. The van der Waals surface area contributed by atoms with Gasteiger partial charge in [-0.3, -0.25) is 0 Å². The van der Waals surface area contributed by atoms with E-state index in [9.17, 15) is 0 Å². The Morgan fingerprint density at radius 3 is 2.75 bits per heavy atom. The van der Waals surface area contributed by atoms with Gasteiger partial charge in [0.25, 0.3) is 0 Å². The van der Waals surface area contributed by atoms with E-state index in [1.165, 1.54) is 18.5 Å². The number of rotatable bonds is 6. The van der Waals surface area contributed by atoms with Gasteiger partial charge in [-0.1, -0.05) is 32.4 Å².